The molecule has 1 saturated heterocycles. The number of amides is 1. The van der Waals surface area contributed by atoms with Crippen LogP contribution in [0.1, 0.15) is 30.1 Å². The number of nitrogens with zero attached hydrogens (tertiary/aromatic N) is 3. The summed E-state index contributed by atoms with van der Waals surface area (Å²) in [5, 5.41) is 8.01. The molecule has 2 aromatic carbocycles. The molecule has 1 aliphatic rings. The molecule has 1 aliphatic heterocycles. The highest BCUT2D eigenvalue weighted by molar-refractivity contribution is 8.00. The molecular weight excluding hydrogens is 377 g/mol. The Morgan fingerprint density at radius 1 is 1.00 bits per heavy atom. The largest absolute Gasteiger partial charge is 0.411 e. The molecule has 1 aromatic heterocycles. The van der Waals surface area contributed by atoms with Gasteiger partial charge in [-0.15, -0.1) is 10.2 Å². The number of hydrogen-bond donors (Lipinski definition) is 0. The summed E-state index contributed by atoms with van der Waals surface area (Å²) in [5.41, 5.74) is 1.55. The lowest BCUT2D eigenvalue weighted by Gasteiger charge is -2.29. The lowest BCUT2D eigenvalue weighted by molar-refractivity contribution is -0.131. The van der Waals surface area contributed by atoms with E-state index in [1.54, 1.807) is 12.1 Å². The van der Waals surface area contributed by atoms with E-state index in [2.05, 4.69) is 10.2 Å². The van der Waals surface area contributed by atoms with E-state index in [1.165, 1.54) is 23.9 Å². The molecule has 0 spiro atoms. The van der Waals surface area contributed by atoms with E-state index in [0.717, 1.165) is 37.9 Å². The molecule has 1 atom stereocenters. The molecule has 2 heterocycles. The standard InChI is InChI=1S/C21H20FN3O2S/c22-17-11-9-16(10-12-17)19-23-24-21(27-19)28-18(15-7-3-1-4-8-15)20(26)25-13-5-2-6-14-25/h1,3-4,7-12,18H,2,5-6,13-14H2/t18-/m1/s1. The van der Waals surface area contributed by atoms with Crippen LogP contribution in [-0.4, -0.2) is 34.1 Å². The maximum Gasteiger partial charge on any atom is 0.277 e. The fraction of sp³-hybridized carbons (Fsp3) is 0.286. The van der Waals surface area contributed by atoms with Crippen molar-refractivity contribution < 1.29 is 13.6 Å². The molecule has 5 nitrogen and oxygen atoms in total. The average Bonchev–Trinajstić information content (AvgIpc) is 3.22. The van der Waals surface area contributed by atoms with Gasteiger partial charge in [-0.05, 0) is 60.9 Å². The van der Waals surface area contributed by atoms with Crippen LogP contribution in [0.25, 0.3) is 11.5 Å². The summed E-state index contributed by atoms with van der Waals surface area (Å²) in [6.07, 6.45) is 3.23. The number of aromatic nitrogens is 2. The first-order valence-corrected chi connectivity index (χ1v) is 10.2. The summed E-state index contributed by atoms with van der Waals surface area (Å²) in [4.78, 5) is 15.1. The molecule has 144 valence electrons. The first-order valence-electron chi connectivity index (χ1n) is 9.30. The number of halogens is 1. The Hall–Kier alpha value is -2.67. The van der Waals surface area contributed by atoms with E-state index in [0.29, 0.717) is 16.7 Å². The van der Waals surface area contributed by atoms with Crippen molar-refractivity contribution in [1.29, 1.82) is 0 Å². The molecule has 7 heteroatoms. The zero-order chi connectivity index (χ0) is 19.3. The number of thioether (sulfide) groups is 1. The van der Waals surface area contributed by atoms with Gasteiger partial charge in [0.25, 0.3) is 5.22 Å². The number of benzene rings is 2. The highest BCUT2D eigenvalue weighted by Gasteiger charge is 2.29. The van der Waals surface area contributed by atoms with Crippen molar-refractivity contribution in [2.24, 2.45) is 0 Å². The van der Waals surface area contributed by atoms with Crippen molar-refractivity contribution in [3.05, 3.63) is 66.0 Å². The minimum Gasteiger partial charge on any atom is -0.411 e. The molecule has 0 N–H and O–H groups in total. The van der Waals surface area contributed by atoms with Gasteiger partial charge in [0.15, 0.2) is 0 Å². The van der Waals surface area contributed by atoms with E-state index >= 15 is 0 Å². The summed E-state index contributed by atoms with van der Waals surface area (Å²) in [6, 6.07) is 15.5. The van der Waals surface area contributed by atoms with Crippen LogP contribution in [0.4, 0.5) is 4.39 Å². The monoisotopic (exact) mass is 397 g/mol. The molecule has 28 heavy (non-hydrogen) atoms. The highest BCUT2D eigenvalue weighted by atomic mass is 32.2. The van der Waals surface area contributed by atoms with Gasteiger partial charge in [-0.3, -0.25) is 4.79 Å². The summed E-state index contributed by atoms with van der Waals surface area (Å²) in [7, 11) is 0. The van der Waals surface area contributed by atoms with Gasteiger partial charge in [-0.2, -0.15) is 0 Å². The SMILES string of the molecule is O=C([C@H](Sc1nnc(-c2ccc(F)cc2)o1)c1ccccc1)N1CCCCC1. The lowest BCUT2D eigenvalue weighted by Crippen LogP contribution is -2.38. The number of likely N-dealkylation sites (tertiary alicyclic amines) is 1. The molecule has 0 aliphatic carbocycles. The Labute approximate surface area is 167 Å². The Kier molecular flexibility index (Phi) is 5.71. The number of hydrogen-bond acceptors (Lipinski definition) is 5. The second-order valence-corrected chi connectivity index (χ2v) is 7.73. The quantitative estimate of drug-likeness (QED) is 0.583. The van der Waals surface area contributed by atoms with E-state index in [-0.39, 0.29) is 11.7 Å². The molecule has 0 saturated carbocycles. The maximum absolute atomic E-state index is 13.2. The first-order chi connectivity index (χ1) is 13.7. The summed E-state index contributed by atoms with van der Waals surface area (Å²) < 4.78 is 18.9. The molecule has 3 aromatic rings. The molecule has 0 unspecified atom stereocenters. The van der Waals surface area contributed by atoms with E-state index in [1.807, 2.05) is 35.2 Å². The third kappa shape index (κ3) is 4.25. The second kappa shape index (κ2) is 8.56. The Morgan fingerprint density at radius 3 is 2.43 bits per heavy atom. The van der Waals surface area contributed by atoms with Crippen LogP contribution in [0.2, 0.25) is 0 Å². The van der Waals surface area contributed by atoms with Crippen LogP contribution in [0.5, 0.6) is 0 Å². The minimum atomic E-state index is -0.444. The number of piperidine rings is 1. The lowest BCUT2D eigenvalue weighted by atomic mass is 10.1. The smallest absolute Gasteiger partial charge is 0.277 e. The van der Waals surface area contributed by atoms with Crippen molar-refractivity contribution in [2.45, 2.75) is 29.7 Å². The van der Waals surface area contributed by atoms with Gasteiger partial charge in [0, 0.05) is 18.7 Å². The predicted molar refractivity (Wildman–Crippen MR) is 105 cm³/mol. The highest BCUT2D eigenvalue weighted by Crippen LogP contribution is 2.37. The van der Waals surface area contributed by atoms with Gasteiger partial charge < -0.3 is 9.32 Å². The zero-order valence-electron chi connectivity index (χ0n) is 15.3. The van der Waals surface area contributed by atoms with E-state index in [9.17, 15) is 9.18 Å². The van der Waals surface area contributed by atoms with Crippen molar-refractivity contribution >= 4 is 17.7 Å². The average molecular weight is 397 g/mol. The fourth-order valence-electron chi connectivity index (χ4n) is 3.24. The third-order valence-electron chi connectivity index (χ3n) is 4.71. The Bertz CT molecular complexity index is 924. The molecule has 0 bridgehead atoms. The molecule has 0 radical (unpaired) electrons. The van der Waals surface area contributed by atoms with E-state index < -0.39 is 5.25 Å². The minimum absolute atomic E-state index is 0.0671. The summed E-state index contributed by atoms with van der Waals surface area (Å²) >= 11 is 1.26. The van der Waals surface area contributed by atoms with Gasteiger partial charge in [0.1, 0.15) is 11.1 Å². The van der Waals surface area contributed by atoms with Gasteiger partial charge in [0.05, 0.1) is 0 Å². The fourth-order valence-corrected chi connectivity index (χ4v) is 4.20. The molecule has 4 rings (SSSR count). The van der Waals surface area contributed by atoms with Gasteiger partial charge in [0.2, 0.25) is 11.8 Å². The molecule has 1 amide bonds. The van der Waals surface area contributed by atoms with Crippen LogP contribution < -0.4 is 0 Å². The topological polar surface area (TPSA) is 59.2 Å². The van der Waals surface area contributed by atoms with Crippen molar-refractivity contribution in [3.63, 3.8) is 0 Å². The number of carbonyl (C=O) groups excluding carboxylic acids is 1. The van der Waals surface area contributed by atoms with Gasteiger partial charge in [-0.1, -0.05) is 30.3 Å². The maximum atomic E-state index is 13.2. The second-order valence-electron chi connectivity index (χ2n) is 6.67. The van der Waals surface area contributed by atoms with Crippen molar-refractivity contribution in [1.82, 2.24) is 15.1 Å². The van der Waals surface area contributed by atoms with Crippen molar-refractivity contribution in [3.8, 4) is 11.5 Å². The van der Waals surface area contributed by atoms with Crippen LogP contribution in [-0.2, 0) is 4.79 Å². The van der Waals surface area contributed by atoms with Crippen LogP contribution in [0.3, 0.4) is 0 Å². The molecule has 1 fully saturated rings. The number of rotatable bonds is 5. The van der Waals surface area contributed by atoms with E-state index in [4.69, 9.17) is 4.42 Å². The third-order valence-corrected chi connectivity index (χ3v) is 5.79. The normalized spacial score (nSPS) is 15.4. The van der Waals surface area contributed by atoms with Crippen LogP contribution in [0.15, 0.2) is 64.2 Å². The predicted octanol–water partition coefficient (Wildman–Crippen LogP) is 4.72. The Morgan fingerprint density at radius 2 is 1.71 bits per heavy atom. The zero-order valence-corrected chi connectivity index (χ0v) is 16.1. The molecular formula is C21H20FN3O2S. The first kappa shape index (κ1) is 18.7. The van der Waals surface area contributed by atoms with Gasteiger partial charge >= 0.3 is 0 Å². The van der Waals surface area contributed by atoms with Crippen LogP contribution in [0, 0.1) is 5.82 Å². The van der Waals surface area contributed by atoms with Gasteiger partial charge in [-0.25, -0.2) is 4.39 Å². The van der Waals surface area contributed by atoms with Crippen molar-refractivity contribution in [2.75, 3.05) is 13.1 Å². The Balaban J connectivity index is 1.57. The van der Waals surface area contributed by atoms with Crippen LogP contribution >= 0.6 is 11.8 Å². The summed E-state index contributed by atoms with van der Waals surface area (Å²) in [6.45, 7) is 1.57. The summed E-state index contributed by atoms with van der Waals surface area (Å²) in [5.74, 6) is 0.0475. The number of carbonyl (C=O) groups is 1.